The van der Waals surface area contributed by atoms with Crippen LogP contribution >= 0.6 is 11.6 Å². The highest BCUT2D eigenvalue weighted by atomic mass is 35.5. The second kappa shape index (κ2) is 6.34. The molecule has 0 unspecified atom stereocenters. The molecule has 1 aromatic rings. The summed E-state index contributed by atoms with van der Waals surface area (Å²) in [5.41, 5.74) is 0.142. The van der Waals surface area contributed by atoms with Crippen LogP contribution in [0.4, 0.5) is 0 Å². The standard InChI is InChI=1S/C16H22ClNO4/c1-16(2,7-14(19)20)12-5-10(17)6-13(21-4)15(12)22-11-8-18(3)9-11/h5-6,11H,7-9H2,1-4H3,(H,19,20). The van der Waals surface area contributed by atoms with Crippen molar-refractivity contribution in [2.45, 2.75) is 31.8 Å². The predicted octanol–water partition coefficient (Wildman–Crippen LogP) is 2.79. The van der Waals surface area contributed by atoms with Gasteiger partial charge in [-0.15, -0.1) is 0 Å². The molecule has 1 fully saturated rings. The first-order valence-corrected chi connectivity index (χ1v) is 7.55. The molecule has 0 spiro atoms. The average Bonchev–Trinajstić information content (AvgIpc) is 2.36. The summed E-state index contributed by atoms with van der Waals surface area (Å²) in [7, 11) is 3.58. The second-order valence-electron chi connectivity index (χ2n) is 6.40. The molecule has 0 saturated carbocycles. The Kier molecular flexibility index (Phi) is 4.87. The van der Waals surface area contributed by atoms with E-state index in [-0.39, 0.29) is 12.5 Å². The lowest BCUT2D eigenvalue weighted by molar-refractivity contribution is -0.138. The van der Waals surface area contributed by atoms with Gasteiger partial charge in [0.15, 0.2) is 11.5 Å². The molecule has 0 amide bonds. The van der Waals surface area contributed by atoms with Crippen LogP contribution in [0.15, 0.2) is 12.1 Å². The third-order valence-corrected chi connectivity index (χ3v) is 4.10. The van der Waals surface area contributed by atoms with Crippen LogP contribution in [0.2, 0.25) is 5.02 Å². The molecule has 22 heavy (non-hydrogen) atoms. The number of hydrogen-bond acceptors (Lipinski definition) is 4. The Morgan fingerprint density at radius 2 is 2.09 bits per heavy atom. The molecule has 5 nitrogen and oxygen atoms in total. The Bertz CT molecular complexity index is 568. The minimum atomic E-state index is -0.863. The molecule has 1 aliphatic heterocycles. The van der Waals surface area contributed by atoms with Crippen LogP contribution in [0.1, 0.15) is 25.8 Å². The normalized spacial score (nSPS) is 16.2. The molecule has 0 radical (unpaired) electrons. The third-order valence-electron chi connectivity index (χ3n) is 3.88. The van der Waals surface area contributed by atoms with Gasteiger partial charge < -0.3 is 14.6 Å². The summed E-state index contributed by atoms with van der Waals surface area (Å²) >= 11 is 6.16. The Balaban J connectivity index is 2.41. The molecule has 2 rings (SSSR count). The van der Waals surface area contributed by atoms with Crippen LogP contribution in [-0.4, -0.2) is 49.3 Å². The number of carboxylic acid groups (broad SMARTS) is 1. The van der Waals surface area contributed by atoms with Crippen molar-refractivity contribution in [1.82, 2.24) is 4.90 Å². The fourth-order valence-electron chi connectivity index (χ4n) is 2.70. The highest BCUT2D eigenvalue weighted by Gasteiger charge is 2.33. The molecule has 0 bridgehead atoms. The largest absolute Gasteiger partial charge is 0.493 e. The van der Waals surface area contributed by atoms with E-state index in [1.807, 2.05) is 20.9 Å². The van der Waals surface area contributed by atoms with E-state index in [2.05, 4.69) is 4.90 Å². The molecule has 1 aromatic carbocycles. The lowest BCUT2D eigenvalue weighted by Gasteiger charge is -2.38. The zero-order chi connectivity index (χ0) is 16.5. The molecule has 1 saturated heterocycles. The molecule has 6 heteroatoms. The molecular weight excluding hydrogens is 306 g/mol. The number of hydrogen-bond donors (Lipinski definition) is 1. The van der Waals surface area contributed by atoms with Gasteiger partial charge in [0, 0.05) is 35.2 Å². The Hall–Kier alpha value is -1.46. The van der Waals surface area contributed by atoms with Gasteiger partial charge in [-0.2, -0.15) is 0 Å². The quantitative estimate of drug-likeness (QED) is 0.870. The van der Waals surface area contributed by atoms with Gasteiger partial charge in [0.05, 0.1) is 13.5 Å². The maximum absolute atomic E-state index is 11.2. The van der Waals surface area contributed by atoms with Crippen LogP contribution in [0.3, 0.4) is 0 Å². The van der Waals surface area contributed by atoms with Gasteiger partial charge in [-0.3, -0.25) is 9.69 Å². The van der Waals surface area contributed by atoms with E-state index in [9.17, 15) is 4.79 Å². The first-order chi connectivity index (χ1) is 10.2. The SMILES string of the molecule is COc1cc(Cl)cc(C(C)(C)CC(=O)O)c1OC1CN(C)C1. The zero-order valence-corrected chi connectivity index (χ0v) is 14.1. The smallest absolute Gasteiger partial charge is 0.304 e. The minimum absolute atomic E-state index is 0.0164. The van der Waals surface area contributed by atoms with E-state index < -0.39 is 11.4 Å². The summed E-state index contributed by atoms with van der Waals surface area (Å²) in [6.07, 6.45) is 0.0664. The lowest BCUT2D eigenvalue weighted by Crippen LogP contribution is -2.51. The summed E-state index contributed by atoms with van der Waals surface area (Å²) in [6.45, 7) is 5.41. The number of benzene rings is 1. The Morgan fingerprint density at radius 1 is 1.45 bits per heavy atom. The first kappa shape index (κ1) is 16.9. The summed E-state index contributed by atoms with van der Waals surface area (Å²) in [5, 5.41) is 9.66. The van der Waals surface area contributed by atoms with Crippen molar-refractivity contribution in [2.24, 2.45) is 0 Å². The van der Waals surface area contributed by atoms with E-state index in [1.54, 1.807) is 19.2 Å². The molecule has 1 aliphatic rings. The van der Waals surface area contributed by atoms with Crippen LogP contribution in [-0.2, 0) is 10.2 Å². The van der Waals surface area contributed by atoms with Crippen LogP contribution in [0.25, 0.3) is 0 Å². The van der Waals surface area contributed by atoms with E-state index in [0.29, 0.717) is 16.5 Å². The van der Waals surface area contributed by atoms with Gasteiger partial charge in [0.2, 0.25) is 0 Å². The summed E-state index contributed by atoms with van der Waals surface area (Å²) in [6, 6.07) is 3.46. The second-order valence-corrected chi connectivity index (χ2v) is 6.84. The Labute approximate surface area is 135 Å². The number of aliphatic carboxylic acids is 1. The van der Waals surface area contributed by atoms with Gasteiger partial charge in [0.1, 0.15) is 6.10 Å². The van der Waals surface area contributed by atoms with Crippen LogP contribution in [0.5, 0.6) is 11.5 Å². The van der Waals surface area contributed by atoms with Crippen LogP contribution < -0.4 is 9.47 Å². The maximum atomic E-state index is 11.2. The predicted molar refractivity (Wildman–Crippen MR) is 85.2 cm³/mol. The summed E-state index contributed by atoms with van der Waals surface area (Å²) in [5.74, 6) is 0.269. The zero-order valence-electron chi connectivity index (χ0n) is 13.4. The van der Waals surface area contributed by atoms with Gasteiger partial charge in [-0.05, 0) is 13.1 Å². The lowest BCUT2D eigenvalue weighted by atomic mass is 9.81. The van der Waals surface area contributed by atoms with Crippen molar-refractivity contribution in [1.29, 1.82) is 0 Å². The molecule has 122 valence electrons. The average molecular weight is 328 g/mol. The molecule has 0 atom stereocenters. The van der Waals surface area contributed by atoms with E-state index >= 15 is 0 Å². The first-order valence-electron chi connectivity index (χ1n) is 7.18. The van der Waals surface area contributed by atoms with E-state index in [1.165, 1.54) is 0 Å². The van der Waals surface area contributed by atoms with Crippen molar-refractivity contribution < 1.29 is 19.4 Å². The van der Waals surface area contributed by atoms with E-state index in [4.69, 9.17) is 26.2 Å². The van der Waals surface area contributed by atoms with E-state index in [0.717, 1.165) is 18.7 Å². The minimum Gasteiger partial charge on any atom is -0.493 e. The number of carbonyl (C=O) groups is 1. The monoisotopic (exact) mass is 327 g/mol. The highest BCUT2D eigenvalue weighted by Crippen LogP contribution is 2.43. The Morgan fingerprint density at radius 3 is 2.59 bits per heavy atom. The topological polar surface area (TPSA) is 59.0 Å². The number of likely N-dealkylation sites (N-methyl/N-ethyl adjacent to an activating group) is 1. The highest BCUT2D eigenvalue weighted by molar-refractivity contribution is 6.30. The molecule has 1 heterocycles. The van der Waals surface area contributed by atoms with Crippen molar-refractivity contribution in [2.75, 3.05) is 27.2 Å². The fraction of sp³-hybridized carbons (Fsp3) is 0.562. The number of methoxy groups -OCH3 is 1. The molecule has 0 aromatic heterocycles. The number of likely N-dealkylation sites (tertiary alicyclic amines) is 1. The summed E-state index contributed by atoms with van der Waals surface area (Å²) in [4.78, 5) is 13.3. The number of nitrogens with zero attached hydrogens (tertiary/aromatic N) is 1. The summed E-state index contributed by atoms with van der Waals surface area (Å²) < 4.78 is 11.5. The van der Waals surface area contributed by atoms with Gasteiger partial charge >= 0.3 is 5.97 Å². The molecule has 0 aliphatic carbocycles. The van der Waals surface area contributed by atoms with Gasteiger partial charge in [0.25, 0.3) is 0 Å². The maximum Gasteiger partial charge on any atom is 0.304 e. The van der Waals surface area contributed by atoms with Gasteiger partial charge in [-0.1, -0.05) is 25.4 Å². The van der Waals surface area contributed by atoms with Crippen molar-refractivity contribution in [3.63, 3.8) is 0 Å². The van der Waals surface area contributed by atoms with Crippen molar-refractivity contribution in [3.8, 4) is 11.5 Å². The van der Waals surface area contributed by atoms with Crippen LogP contribution in [0, 0.1) is 0 Å². The van der Waals surface area contributed by atoms with Crippen molar-refractivity contribution >= 4 is 17.6 Å². The third kappa shape index (κ3) is 3.65. The molecular formula is C16H22ClNO4. The number of ether oxygens (including phenoxy) is 2. The number of rotatable bonds is 6. The number of halogens is 1. The molecule has 1 N–H and O–H groups in total. The number of carboxylic acids is 1. The van der Waals surface area contributed by atoms with Gasteiger partial charge in [-0.25, -0.2) is 0 Å². The van der Waals surface area contributed by atoms with Crippen molar-refractivity contribution in [3.05, 3.63) is 22.7 Å². The fourth-order valence-corrected chi connectivity index (χ4v) is 2.91.